The van der Waals surface area contributed by atoms with Gasteiger partial charge in [0.2, 0.25) is 11.8 Å². The summed E-state index contributed by atoms with van der Waals surface area (Å²) in [6, 6.07) is 20.8. The number of hydrogen-bond donors (Lipinski definition) is 1. The Balaban J connectivity index is 1.80. The molecule has 0 aliphatic carbocycles. The smallest absolute Gasteiger partial charge is 0.230 e. The van der Waals surface area contributed by atoms with Crippen LogP contribution in [0.1, 0.15) is 35.9 Å². The van der Waals surface area contributed by atoms with Gasteiger partial charge in [-0.15, -0.1) is 10.2 Å². The van der Waals surface area contributed by atoms with Crippen LogP contribution in [0.15, 0.2) is 65.1 Å². The fraction of sp³-hybridized carbons (Fsp3) is 0.222. The summed E-state index contributed by atoms with van der Waals surface area (Å²) in [5.74, 6) is 1.29. The summed E-state index contributed by atoms with van der Waals surface area (Å²) in [6.45, 7) is 2.54. The molecule has 0 spiro atoms. The molecule has 3 aromatic rings. The molecular formula is C18H19N3O. The van der Waals surface area contributed by atoms with Crippen molar-refractivity contribution in [1.29, 1.82) is 0 Å². The van der Waals surface area contributed by atoms with Crippen LogP contribution in [0.5, 0.6) is 0 Å². The number of benzene rings is 2. The minimum atomic E-state index is 0.0966. The standard InChI is InChI=1S/C18H19N3O/c1-2-16-20-21-17(22-16)13-19-18(14-9-5-3-6-10-14)15-11-7-4-8-12-15/h3-12,18-19H,2,13H2,1H3. The van der Waals surface area contributed by atoms with Crippen LogP contribution in [0.4, 0.5) is 0 Å². The van der Waals surface area contributed by atoms with Crippen LogP contribution in [0.25, 0.3) is 0 Å². The lowest BCUT2D eigenvalue weighted by Gasteiger charge is -2.18. The van der Waals surface area contributed by atoms with Crippen LogP contribution < -0.4 is 5.32 Å². The number of nitrogens with one attached hydrogen (secondary N) is 1. The van der Waals surface area contributed by atoms with Crippen LogP contribution in [0, 0.1) is 0 Å². The number of aromatic nitrogens is 2. The molecule has 0 aliphatic rings. The van der Waals surface area contributed by atoms with E-state index >= 15 is 0 Å². The molecule has 0 radical (unpaired) electrons. The predicted octanol–water partition coefficient (Wildman–Crippen LogP) is 3.51. The van der Waals surface area contributed by atoms with Gasteiger partial charge in [-0.1, -0.05) is 67.6 Å². The normalized spacial score (nSPS) is 11.0. The van der Waals surface area contributed by atoms with Gasteiger partial charge in [-0.25, -0.2) is 0 Å². The Hall–Kier alpha value is -2.46. The quantitative estimate of drug-likeness (QED) is 0.755. The average molecular weight is 293 g/mol. The van der Waals surface area contributed by atoms with Crippen LogP contribution in [0.3, 0.4) is 0 Å². The van der Waals surface area contributed by atoms with Crippen LogP contribution in [0.2, 0.25) is 0 Å². The maximum atomic E-state index is 5.57. The average Bonchev–Trinajstić information content (AvgIpc) is 3.05. The second-order valence-electron chi connectivity index (χ2n) is 5.08. The number of hydrogen-bond acceptors (Lipinski definition) is 4. The first-order valence-corrected chi connectivity index (χ1v) is 7.51. The maximum Gasteiger partial charge on any atom is 0.230 e. The summed E-state index contributed by atoms with van der Waals surface area (Å²) in [7, 11) is 0. The third-order valence-corrected chi connectivity index (χ3v) is 3.53. The van der Waals surface area contributed by atoms with Crippen LogP contribution in [-0.4, -0.2) is 10.2 Å². The molecule has 0 amide bonds. The van der Waals surface area contributed by atoms with Crippen LogP contribution >= 0.6 is 0 Å². The Morgan fingerprint density at radius 3 is 1.91 bits per heavy atom. The third-order valence-electron chi connectivity index (χ3n) is 3.53. The fourth-order valence-electron chi connectivity index (χ4n) is 2.41. The Morgan fingerprint density at radius 2 is 1.41 bits per heavy atom. The highest BCUT2D eigenvalue weighted by Crippen LogP contribution is 2.22. The summed E-state index contributed by atoms with van der Waals surface area (Å²) in [5.41, 5.74) is 2.42. The van der Waals surface area contributed by atoms with E-state index in [0.717, 1.165) is 6.42 Å². The van der Waals surface area contributed by atoms with Gasteiger partial charge < -0.3 is 4.42 Å². The number of aryl methyl sites for hydroxylation is 1. The van der Waals surface area contributed by atoms with Crippen molar-refractivity contribution in [1.82, 2.24) is 15.5 Å². The zero-order valence-corrected chi connectivity index (χ0v) is 12.6. The Kier molecular flexibility index (Phi) is 4.61. The summed E-state index contributed by atoms with van der Waals surface area (Å²) < 4.78 is 5.57. The van der Waals surface area contributed by atoms with Gasteiger partial charge in [-0.05, 0) is 11.1 Å². The molecule has 0 fully saturated rings. The number of rotatable bonds is 6. The molecule has 0 unspecified atom stereocenters. The Bertz CT molecular complexity index is 655. The van der Waals surface area contributed by atoms with E-state index in [2.05, 4.69) is 64.0 Å². The summed E-state index contributed by atoms with van der Waals surface area (Å²) >= 11 is 0. The highest BCUT2D eigenvalue weighted by molar-refractivity contribution is 5.31. The van der Waals surface area contributed by atoms with Crippen molar-refractivity contribution >= 4 is 0 Å². The highest BCUT2D eigenvalue weighted by atomic mass is 16.4. The lowest BCUT2D eigenvalue weighted by atomic mass is 9.99. The van der Waals surface area contributed by atoms with Gasteiger partial charge >= 0.3 is 0 Å². The van der Waals surface area contributed by atoms with E-state index in [-0.39, 0.29) is 6.04 Å². The monoisotopic (exact) mass is 293 g/mol. The van der Waals surface area contributed by atoms with E-state index in [1.54, 1.807) is 0 Å². The van der Waals surface area contributed by atoms with E-state index in [4.69, 9.17) is 4.42 Å². The molecule has 112 valence electrons. The SMILES string of the molecule is CCc1nnc(CNC(c2ccccc2)c2ccccc2)o1. The minimum Gasteiger partial charge on any atom is -0.424 e. The molecule has 1 heterocycles. The van der Waals surface area contributed by atoms with Gasteiger partial charge in [0, 0.05) is 6.42 Å². The third kappa shape index (κ3) is 3.40. The molecule has 4 nitrogen and oxygen atoms in total. The topological polar surface area (TPSA) is 51.0 Å². The molecular weight excluding hydrogens is 274 g/mol. The van der Waals surface area contributed by atoms with E-state index in [1.165, 1.54) is 11.1 Å². The molecule has 0 bridgehead atoms. The summed E-state index contributed by atoms with van der Waals surface area (Å²) in [6.07, 6.45) is 0.758. The van der Waals surface area contributed by atoms with Gasteiger partial charge in [0.1, 0.15) is 0 Å². The fourth-order valence-corrected chi connectivity index (χ4v) is 2.41. The van der Waals surface area contributed by atoms with E-state index in [1.807, 2.05) is 19.1 Å². The van der Waals surface area contributed by atoms with E-state index in [9.17, 15) is 0 Å². The van der Waals surface area contributed by atoms with Crippen molar-refractivity contribution in [3.63, 3.8) is 0 Å². The van der Waals surface area contributed by atoms with Crippen LogP contribution in [-0.2, 0) is 13.0 Å². The maximum absolute atomic E-state index is 5.57. The molecule has 22 heavy (non-hydrogen) atoms. The largest absolute Gasteiger partial charge is 0.424 e. The molecule has 1 aromatic heterocycles. The van der Waals surface area contributed by atoms with Crippen molar-refractivity contribution in [2.45, 2.75) is 25.9 Å². The highest BCUT2D eigenvalue weighted by Gasteiger charge is 2.14. The lowest BCUT2D eigenvalue weighted by Crippen LogP contribution is -2.22. The second kappa shape index (κ2) is 7.00. The van der Waals surface area contributed by atoms with Gasteiger partial charge in [-0.3, -0.25) is 5.32 Å². The van der Waals surface area contributed by atoms with Gasteiger partial charge in [0.05, 0.1) is 12.6 Å². The molecule has 4 heteroatoms. The van der Waals surface area contributed by atoms with E-state index in [0.29, 0.717) is 18.3 Å². The zero-order valence-electron chi connectivity index (χ0n) is 12.6. The van der Waals surface area contributed by atoms with E-state index < -0.39 is 0 Å². The first-order valence-electron chi connectivity index (χ1n) is 7.51. The minimum absolute atomic E-state index is 0.0966. The lowest BCUT2D eigenvalue weighted by molar-refractivity contribution is 0.426. The zero-order chi connectivity index (χ0) is 15.2. The van der Waals surface area contributed by atoms with Gasteiger partial charge in [0.25, 0.3) is 0 Å². The first-order chi connectivity index (χ1) is 10.9. The molecule has 0 atom stereocenters. The Labute approximate surface area is 130 Å². The van der Waals surface area contributed by atoms with Gasteiger partial charge in [0.15, 0.2) is 0 Å². The van der Waals surface area contributed by atoms with Crippen molar-refractivity contribution in [3.8, 4) is 0 Å². The predicted molar refractivity (Wildman–Crippen MR) is 85.2 cm³/mol. The molecule has 1 N–H and O–H groups in total. The van der Waals surface area contributed by atoms with Gasteiger partial charge in [-0.2, -0.15) is 0 Å². The number of nitrogens with zero attached hydrogens (tertiary/aromatic N) is 2. The molecule has 2 aromatic carbocycles. The molecule has 0 saturated heterocycles. The van der Waals surface area contributed by atoms with Crippen molar-refractivity contribution in [3.05, 3.63) is 83.6 Å². The second-order valence-corrected chi connectivity index (χ2v) is 5.08. The van der Waals surface area contributed by atoms with Crippen molar-refractivity contribution in [2.24, 2.45) is 0 Å². The molecule has 3 rings (SSSR count). The van der Waals surface area contributed by atoms with Crippen molar-refractivity contribution in [2.75, 3.05) is 0 Å². The Morgan fingerprint density at radius 1 is 0.864 bits per heavy atom. The summed E-state index contributed by atoms with van der Waals surface area (Å²) in [5, 5.41) is 11.6. The van der Waals surface area contributed by atoms with Crippen molar-refractivity contribution < 1.29 is 4.42 Å². The first kappa shape index (κ1) is 14.5. The molecule has 0 aliphatic heterocycles. The summed E-state index contributed by atoms with van der Waals surface area (Å²) in [4.78, 5) is 0. The molecule has 0 saturated carbocycles.